The number of ether oxygens (including phenoxy) is 3. The van der Waals surface area contributed by atoms with Gasteiger partial charge in [-0.2, -0.15) is 0 Å². The summed E-state index contributed by atoms with van der Waals surface area (Å²) in [6, 6.07) is 1.60. The van der Waals surface area contributed by atoms with E-state index in [0.29, 0.717) is 34.9 Å². The Morgan fingerprint density at radius 2 is 1.79 bits per heavy atom. The number of ketones is 1. The first-order chi connectivity index (χ1) is 13.7. The summed E-state index contributed by atoms with van der Waals surface area (Å²) in [5, 5.41) is 12.9. The van der Waals surface area contributed by atoms with Crippen LogP contribution in [0.3, 0.4) is 0 Å². The minimum atomic E-state index is -1.07. The molecule has 1 heterocycles. The monoisotopic (exact) mass is 423 g/mol. The predicted molar refractivity (Wildman–Crippen MR) is 114 cm³/mol. The predicted octanol–water partition coefficient (Wildman–Crippen LogP) is 5.40. The Morgan fingerprint density at radius 1 is 1.21 bits per heavy atom. The maximum absolute atomic E-state index is 13.5. The summed E-state index contributed by atoms with van der Waals surface area (Å²) >= 11 is 6.42. The Morgan fingerprint density at radius 3 is 2.28 bits per heavy atom. The normalized spacial score (nSPS) is 29.4. The molecule has 0 aromatic heterocycles. The number of halogens is 1. The largest absolute Gasteiger partial charge is 0.496 e. The van der Waals surface area contributed by atoms with E-state index in [2.05, 4.69) is 5.16 Å². The molecule has 1 aliphatic heterocycles. The van der Waals surface area contributed by atoms with Crippen LogP contribution in [-0.2, 0) is 0 Å². The molecule has 0 saturated heterocycles. The topological polar surface area (TPSA) is 77.4 Å². The average molecular weight is 424 g/mol. The second kappa shape index (κ2) is 9.08. The first kappa shape index (κ1) is 23.1. The van der Waals surface area contributed by atoms with Crippen molar-refractivity contribution in [3.63, 3.8) is 0 Å². The van der Waals surface area contributed by atoms with Crippen molar-refractivity contribution in [2.24, 2.45) is 22.9 Å². The van der Waals surface area contributed by atoms with Gasteiger partial charge < -0.3 is 19.4 Å². The Kier molecular flexibility index (Phi) is 7.22. The second-order valence-electron chi connectivity index (χ2n) is 7.46. The zero-order chi connectivity index (χ0) is 21.9. The Hall–Kier alpha value is -2.21. The van der Waals surface area contributed by atoms with Crippen molar-refractivity contribution in [3.05, 3.63) is 28.8 Å². The second-order valence-corrected chi connectivity index (χ2v) is 7.84. The summed E-state index contributed by atoms with van der Waals surface area (Å²) < 4.78 is 16.9. The van der Waals surface area contributed by atoms with Crippen LogP contribution in [0.2, 0.25) is 5.02 Å². The van der Waals surface area contributed by atoms with Gasteiger partial charge in [0.05, 0.1) is 19.9 Å². The molecule has 1 N–H and O–H groups in total. The number of methoxy groups -OCH3 is 2. The smallest absolute Gasteiger partial charge is 0.214 e. The van der Waals surface area contributed by atoms with Crippen LogP contribution in [-0.4, -0.2) is 36.5 Å². The van der Waals surface area contributed by atoms with Gasteiger partial charge >= 0.3 is 0 Å². The van der Waals surface area contributed by atoms with Crippen LogP contribution in [0.5, 0.6) is 17.2 Å². The van der Waals surface area contributed by atoms with Crippen LogP contribution < -0.4 is 14.2 Å². The van der Waals surface area contributed by atoms with Crippen LogP contribution in [0.4, 0.5) is 0 Å². The number of carbonyl (C=O) groups excluding carboxylic acids is 1. The van der Waals surface area contributed by atoms with Gasteiger partial charge in [0.2, 0.25) is 5.78 Å². The van der Waals surface area contributed by atoms with E-state index in [-0.39, 0.29) is 28.6 Å². The number of benzene rings is 1. The van der Waals surface area contributed by atoms with Gasteiger partial charge in [0.1, 0.15) is 22.1 Å². The van der Waals surface area contributed by atoms with Crippen LogP contribution in [0.25, 0.3) is 0 Å². The molecular formula is C22H30ClNO5. The Labute approximate surface area is 177 Å². The molecule has 1 fully saturated rings. The van der Waals surface area contributed by atoms with Crippen molar-refractivity contribution in [1.29, 1.82) is 0 Å². The number of hydrogen-bond donors (Lipinski definition) is 1. The lowest BCUT2D eigenvalue weighted by atomic mass is 9.62. The van der Waals surface area contributed by atoms with Gasteiger partial charge in [0.15, 0.2) is 11.4 Å². The molecule has 2 aliphatic rings. The van der Waals surface area contributed by atoms with E-state index in [1.54, 1.807) is 6.07 Å². The number of allylic oxidation sites excluding steroid dienone is 2. The third-order valence-corrected chi connectivity index (χ3v) is 6.46. The zero-order valence-corrected chi connectivity index (χ0v) is 18.8. The van der Waals surface area contributed by atoms with Crippen molar-refractivity contribution in [2.45, 2.75) is 46.6 Å². The van der Waals surface area contributed by atoms with Gasteiger partial charge in [-0.1, -0.05) is 49.7 Å². The van der Waals surface area contributed by atoms with Crippen LogP contribution in [0.1, 0.15) is 51.4 Å². The molecule has 3 rings (SSSR count). The number of Topliss-reactive ketones (excluding diaryl/α,β-unsaturated/α-hetero) is 1. The maximum Gasteiger partial charge on any atom is 0.214 e. The lowest BCUT2D eigenvalue weighted by molar-refractivity contribution is -0.0175. The van der Waals surface area contributed by atoms with E-state index in [9.17, 15) is 10.0 Å². The van der Waals surface area contributed by atoms with Gasteiger partial charge in [-0.15, -0.1) is 0 Å². The van der Waals surface area contributed by atoms with Crippen LogP contribution in [0.15, 0.2) is 23.4 Å². The van der Waals surface area contributed by atoms with Gasteiger partial charge in [-0.05, 0) is 20.3 Å². The molecule has 1 aromatic carbocycles. The molecule has 1 aliphatic carbocycles. The highest BCUT2D eigenvalue weighted by atomic mass is 35.5. The summed E-state index contributed by atoms with van der Waals surface area (Å²) in [6.07, 6.45) is 4.47. The van der Waals surface area contributed by atoms with Crippen LogP contribution >= 0.6 is 11.6 Å². The zero-order valence-electron chi connectivity index (χ0n) is 18.1. The lowest BCUT2D eigenvalue weighted by Crippen LogP contribution is -2.58. The highest BCUT2D eigenvalue weighted by Crippen LogP contribution is 2.56. The number of oxime groups is 1. The molecule has 29 heavy (non-hydrogen) atoms. The molecule has 160 valence electrons. The molecule has 3 unspecified atom stereocenters. The first-order valence-electron chi connectivity index (χ1n) is 9.71. The van der Waals surface area contributed by atoms with E-state index in [1.165, 1.54) is 14.2 Å². The minimum Gasteiger partial charge on any atom is -0.496 e. The fourth-order valence-corrected chi connectivity index (χ4v) is 4.40. The van der Waals surface area contributed by atoms with E-state index in [1.807, 2.05) is 46.8 Å². The van der Waals surface area contributed by atoms with E-state index < -0.39 is 5.60 Å². The van der Waals surface area contributed by atoms with E-state index >= 15 is 0 Å². The summed E-state index contributed by atoms with van der Waals surface area (Å²) in [7, 11) is 2.99. The van der Waals surface area contributed by atoms with Gasteiger partial charge in [0, 0.05) is 23.8 Å². The molecule has 7 heteroatoms. The molecule has 0 amide bonds. The highest BCUT2D eigenvalue weighted by molar-refractivity contribution is 6.35. The summed E-state index contributed by atoms with van der Waals surface area (Å²) in [5.74, 6) is 0.442. The van der Waals surface area contributed by atoms with E-state index in [4.69, 9.17) is 25.8 Å². The van der Waals surface area contributed by atoms with Gasteiger partial charge in [0.25, 0.3) is 0 Å². The highest BCUT2D eigenvalue weighted by Gasteiger charge is 2.61. The minimum absolute atomic E-state index is 0.105. The Bertz CT molecular complexity index is 831. The number of hydrogen-bond acceptors (Lipinski definition) is 6. The molecule has 6 nitrogen and oxygen atoms in total. The maximum atomic E-state index is 13.5. The van der Waals surface area contributed by atoms with Crippen molar-refractivity contribution < 1.29 is 24.2 Å². The van der Waals surface area contributed by atoms with E-state index in [0.717, 1.165) is 0 Å². The number of fused-ring (bicyclic) bond motifs is 1. The molecule has 1 saturated carbocycles. The molecule has 4 atom stereocenters. The number of carbonyl (C=O) groups is 1. The van der Waals surface area contributed by atoms with Crippen molar-refractivity contribution in [2.75, 3.05) is 14.2 Å². The summed E-state index contributed by atoms with van der Waals surface area (Å²) in [5.41, 5.74) is -0.0450. The molecule has 0 bridgehead atoms. The fraction of sp³-hybridized carbons (Fsp3) is 0.545. The standard InChI is InChI=1S/C18H22ClNO5.C4H8/c1-8-6-11(20-22)9(2)10(3)18(8)17(21)14-12(23-4)7-13(24-5)15(19)16(14)25-18;1-3-4-2/h7-10,22H,6H2,1-5H3;3-4H,1-2H3/b20-11+;/t8?,9?,10?,18-;/m0./s1. The van der Waals surface area contributed by atoms with Crippen molar-refractivity contribution >= 4 is 23.1 Å². The van der Waals surface area contributed by atoms with Crippen molar-refractivity contribution in [3.8, 4) is 17.2 Å². The van der Waals surface area contributed by atoms with Crippen LogP contribution in [0, 0.1) is 17.8 Å². The lowest BCUT2D eigenvalue weighted by Gasteiger charge is -2.45. The SMILES string of the molecule is CC=CC.COc1cc(OC)c2c(c1Cl)O[C@@]1(C2=O)C(C)C/C(=N\O)C(C)C1C. The van der Waals surface area contributed by atoms with Gasteiger partial charge in [-0.3, -0.25) is 4.79 Å². The summed E-state index contributed by atoms with van der Waals surface area (Å²) in [4.78, 5) is 13.5. The van der Waals surface area contributed by atoms with Gasteiger partial charge in [-0.25, -0.2) is 0 Å². The summed E-state index contributed by atoms with van der Waals surface area (Å²) in [6.45, 7) is 9.80. The fourth-order valence-electron chi connectivity index (χ4n) is 4.14. The molecule has 1 spiro atoms. The Balaban J connectivity index is 0.000000687. The third kappa shape index (κ3) is 3.59. The first-order valence-corrected chi connectivity index (χ1v) is 10.1. The van der Waals surface area contributed by atoms with Crippen molar-refractivity contribution in [1.82, 2.24) is 0 Å². The molecular weight excluding hydrogens is 394 g/mol. The quantitative estimate of drug-likeness (QED) is 0.391. The average Bonchev–Trinajstić information content (AvgIpc) is 3.05. The molecule has 0 radical (unpaired) electrons. The third-order valence-electron chi connectivity index (χ3n) is 6.11. The molecule has 1 aromatic rings. The number of rotatable bonds is 2. The number of nitrogens with zero attached hydrogens (tertiary/aromatic N) is 1.